The van der Waals surface area contributed by atoms with E-state index in [-0.39, 0.29) is 27.5 Å². The summed E-state index contributed by atoms with van der Waals surface area (Å²) in [5.41, 5.74) is 2.36. The van der Waals surface area contributed by atoms with Crippen LogP contribution in [0, 0.1) is 0 Å². The van der Waals surface area contributed by atoms with Gasteiger partial charge in [0, 0.05) is 16.1 Å². The third-order valence-corrected chi connectivity index (χ3v) is 5.87. The van der Waals surface area contributed by atoms with Crippen molar-refractivity contribution in [2.24, 2.45) is 0 Å². The minimum atomic E-state index is -4.08. The lowest BCUT2D eigenvalue weighted by Gasteiger charge is -2.13. The van der Waals surface area contributed by atoms with Crippen molar-refractivity contribution in [1.29, 1.82) is 0 Å². The molecule has 1 amide bonds. The summed E-state index contributed by atoms with van der Waals surface area (Å²) in [6.07, 6.45) is 0. The van der Waals surface area contributed by atoms with E-state index in [1.165, 1.54) is 38.5 Å². The van der Waals surface area contributed by atoms with Crippen LogP contribution in [0.5, 0.6) is 23.0 Å². The first kappa shape index (κ1) is 19.3. The third-order valence-electron chi connectivity index (χ3n) is 3.66. The Kier molecular flexibility index (Phi) is 5.44. The number of halogens is 1. The lowest BCUT2D eigenvalue weighted by molar-refractivity contribution is 0.0944. The molecule has 144 valence electrons. The van der Waals surface area contributed by atoms with Crippen molar-refractivity contribution in [1.82, 2.24) is 10.3 Å². The molecule has 3 rings (SSSR count). The van der Waals surface area contributed by atoms with Gasteiger partial charge in [-0.15, -0.1) is 4.83 Å². The molecule has 2 N–H and O–H groups in total. The predicted molar refractivity (Wildman–Crippen MR) is 97.6 cm³/mol. The Hall–Kier alpha value is -2.50. The van der Waals surface area contributed by atoms with Crippen LogP contribution in [0.2, 0.25) is 0 Å². The molecule has 0 aliphatic carbocycles. The molecule has 11 heteroatoms. The molecule has 0 bridgehead atoms. The average molecular weight is 459 g/mol. The van der Waals surface area contributed by atoms with Crippen LogP contribution in [0.15, 0.2) is 39.7 Å². The van der Waals surface area contributed by atoms with Gasteiger partial charge in [0.2, 0.25) is 6.79 Å². The maximum absolute atomic E-state index is 12.5. The SMILES string of the molecule is COc1cc(Br)c(S(=O)(=O)NNC(=O)c2ccc3c(c2)OCO3)cc1OC. The minimum Gasteiger partial charge on any atom is -0.493 e. The summed E-state index contributed by atoms with van der Waals surface area (Å²) in [6.45, 7) is 0.0698. The number of fused-ring (bicyclic) bond motifs is 1. The van der Waals surface area contributed by atoms with Crippen LogP contribution >= 0.6 is 15.9 Å². The number of benzene rings is 2. The van der Waals surface area contributed by atoms with Gasteiger partial charge < -0.3 is 18.9 Å². The van der Waals surface area contributed by atoms with E-state index in [1.807, 2.05) is 4.83 Å². The molecule has 0 saturated heterocycles. The molecule has 0 atom stereocenters. The number of rotatable bonds is 6. The van der Waals surface area contributed by atoms with Gasteiger partial charge in [-0.3, -0.25) is 10.2 Å². The van der Waals surface area contributed by atoms with Gasteiger partial charge in [-0.1, -0.05) is 0 Å². The molecule has 0 aromatic heterocycles. The van der Waals surface area contributed by atoms with Crippen molar-refractivity contribution in [2.45, 2.75) is 4.90 Å². The molecule has 2 aromatic rings. The van der Waals surface area contributed by atoms with Crippen molar-refractivity contribution < 1.29 is 32.2 Å². The monoisotopic (exact) mass is 458 g/mol. The molecule has 1 aliphatic rings. The van der Waals surface area contributed by atoms with E-state index in [1.54, 1.807) is 6.07 Å². The maximum atomic E-state index is 12.5. The maximum Gasteiger partial charge on any atom is 0.266 e. The highest BCUT2D eigenvalue weighted by Crippen LogP contribution is 2.35. The van der Waals surface area contributed by atoms with Crippen molar-refractivity contribution in [3.05, 3.63) is 40.4 Å². The molecule has 0 spiro atoms. The number of sulfonamides is 1. The van der Waals surface area contributed by atoms with Gasteiger partial charge in [-0.05, 0) is 40.2 Å². The molecular formula is C16H15BrN2O7S. The zero-order chi connectivity index (χ0) is 19.6. The number of hydrogen-bond donors (Lipinski definition) is 2. The number of hydrogen-bond acceptors (Lipinski definition) is 7. The topological polar surface area (TPSA) is 112 Å². The molecule has 2 aromatic carbocycles. The first-order valence-electron chi connectivity index (χ1n) is 7.49. The summed E-state index contributed by atoms with van der Waals surface area (Å²) in [4.78, 5) is 14.2. The summed E-state index contributed by atoms with van der Waals surface area (Å²) < 4.78 is 45.9. The van der Waals surface area contributed by atoms with Gasteiger partial charge in [0.05, 0.1) is 14.2 Å². The Balaban J connectivity index is 1.78. The zero-order valence-electron chi connectivity index (χ0n) is 14.2. The van der Waals surface area contributed by atoms with E-state index in [0.29, 0.717) is 17.2 Å². The molecule has 1 aliphatic heterocycles. The van der Waals surface area contributed by atoms with Gasteiger partial charge in [-0.2, -0.15) is 0 Å². The van der Waals surface area contributed by atoms with Gasteiger partial charge in [0.15, 0.2) is 23.0 Å². The minimum absolute atomic E-state index is 0.0698. The number of amides is 1. The van der Waals surface area contributed by atoms with E-state index >= 15 is 0 Å². The molecule has 0 saturated carbocycles. The van der Waals surface area contributed by atoms with E-state index < -0.39 is 15.9 Å². The second-order valence-corrected chi connectivity index (χ2v) is 7.77. The molecule has 27 heavy (non-hydrogen) atoms. The lowest BCUT2D eigenvalue weighted by atomic mass is 10.2. The summed E-state index contributed by atoms with van der Waals surface area (Å²) in [5, 5.41) is 0. The van der Waals surface area contributed by atoms with E-state index in [4.69, 9.17) is 18.9 Å². The lowest BCUT2D eigenvalue weighted by Crippen LogP contribution is -2.41. The van der Waals surface area contributed by atoms with Crippen LogP contribution in [-0.2, 0) is 10.0 Å². The van der Waals surface area contributed by atoms with E-state index in [2.05, 4.69) is 21.4 Å². The van der Waals surface area contributed by atoms with Crippen LogP contribution in [0.1, 0.15) is 10.4 Å². The van der Waals surface area contributed by atoms with Crippen molar-refractivity contribution >= 4 is 31.9 Å². The first-order valence-corrected chi connectivity index (χ1v) is 9.76. The fraction of sp³-hybridized carbons (Fsp3) is 0.188. The Labute approximate surface area is 163 Å². The Morgan fingerprint density at radius 2 is 1.74 bits per heavy atom. The van der Waals surface area contributed by atoms with Crippen LogP contribution in [0.25, 0.3) is 0 Å². The number of carbonyl (C=O) groups is 1. The number of ether oxygens (including phenoxy) is 4. The largest absolute Gasteiger partial charge is 0.493 e. The van der Waals surface area contributed by atoms with Crippen molar-refractivity contribution in [2.75, 3.05) is 21.0 Å². The van der Waals surface area contributed by atoms with Crippen LogP contribution in [0.3, 0.4) is 0 Å². The molecule has 9 nitrogen and oxygen atoms in total. The Bertz CT molecular complexity index is 995. The highest BCUT2D eigenvalue weighted by atomic mass is 79.9. The number of carbonyl (C=O) groups excluding carboxylic acids is 1. The number of nitrogens with one attached hydrogen (secondary N) is 2. The van der Waals surface area contributed by atoms with Crippen LogP contribution in [0.4, 0.5) is 0 Å². The standard InChI is InChI=1S/C16H15BrN2O7S/c1-23-12-6-10(17)15(7-13(12)24-2)27(21,22)19-18-16(20)9-3-4-11-14(5-9)26-8-25-11/h3-7,19H,8H2,1-2H3,(H,18,20). The predicted octanol–water partition coefficient (Wildman–Crippen LogP) is 1.82. The highest BCUT2D eigenvalue weighted by molar-refractivity contribution is 9.10. The van der Waals surface area contributed by atoms with E-state index in [9.17, 15) is 13.2 Å². The van der Waals surface area contributed by atoms with Crippen LogP contribution < -0.4 is 29.2 Å². The number of hydrazine groups is 1. The van der Waals surface area contributed by atoms with Gasteiger partial charge in [0.1, 0.15) is 4.90 Å². The highest BCUT2D eigenvalue weighted by Gasteiger charge is 2.23. The fourth-order valence-corrected chi connectivity index (χ4v) is 4.20. The average Bonchev–Trinajstić information content (AvgIpc) is 3.13. The van der Waals surface area contributed by atoms with E-state index in [0.717, 1.165) is 0 Å². The third kappa shape index (κ3) is 3.94. The van der Waals surface area contributed by atoms with Crippen LogP contribution in [-0.4, -0.2) is 35.3 Å². The van der Waals surface area contributed by atoms with Crippen molar-refractivity contribution in [3.8, 4) is 23.0 Å². The summed E-state index contributed by atoms with van der Waals surface area (Å²) in [5.74, 6) is 0.846. The fourth-order valence-electron chi connectivity index (χ4n) is 2.32. The van der Waals surface area contributed by atoms with Crippen molar-refractivity contribution in [3.63, 3.8) is 0 Å². The molecule has 0 unspecified atom stereocenters. The Morgan fingerprint density at radius 3 is 2.44 bits per heavy atom. The molecule has 0 radical (unpaired) electrons. The molecule has 0 fully saturated rings. The molecule has 1 heterocycles. The smallest absolute Gasteiger partial charge is 0.266 e. The van der Waals surface area contributed by atoms with Gasteiger partial charge >= 0.3 is 0 Å². The second kappa shape index (κ2) is 7.62. The normalized spacial score (nSPS) is 12.6. The molecular weight excluding hydrogens is 444 g/mol. The second-order valence-electron chi connectivity index (χ2n) is 5.27. The number of methoxy groups -OCH3 is 2. The van der Waals surface area contributed by atoms with Gasteiger partial charge in [-0.25, -0.2) is 8.42 Å². The summed E-state index contributed by atoms with van der Waals surface area (Å²) >= 11 is 3.17. The zero-order valence-corrected chi connectivity index (χ0v) is 16.6. The summed E-state index contributed by atoms with van der Waals surface area (Å²) in [7, 11) is -1.26. The first-order chi connectivity index (χ1) is 12.9. The quantitative estimate of drug-likeness (QED) is 0.634. The summed E-state index contributed by atoms with van der Waals surface area (Å²) in [6, 6.07) is 7.24. The Morgan fingerprint density at radius 1 is 1.07 bits per heavy atom. The van der Waals surface area contributed by atoms with Gasteiger partial charge in [0.25, 0.3) is 15.9 Å².